The van der Waals surface area contributed by atoms with Gasteiger partial charge in [0.25, 0.3) is 0 Å². The zero-order valence-electron chi connectivity index (χ0n) is 5.18. The number of alkyl halides is 1. The molecule has 1 rings (SSSR count). The molecule has 1 aromatic carbocycles. The summed E-state index contributed by atoms with van der Waals surface area (Å²) in [6.07, 6.45) is 1.20. The van der Waals surface area contributed by atoms with Crippen LogP contribution in [-0.2, 0) is 6.42 Å². The van der Waals surface area contributed by atoms with Gasteiger partial charge >= 0.3 is 0 Å². The third-order valence-corrected chi connectivity index (χ3v) is 1.77. The van der Waals surface area contributed by atoms with E-state index in [2.05, 4.69) is 52.9 Å². The molecule has 0 unspecified atom stereocenters. The molecule has 0 bridgehead atoms. The predicted octanol–water partition coefficient (Wildman–Crippen LogP) is 2.66. The standard InChI is InChI=1S/C8H9I/c9-7-6-8-4-2-1-3-5-8/h1-5H,6-7H2/i7-1. The average Bonchev–Trinajstić information content (AvgIpc) is 1.91. The maximum Gasteiger partial charge on any atom is 0.00358 e. The quantitative estimate of drug-likeness (QED) is 0.542. The molecule has 0 N–H and O–H groups in total. The molecule has 48 valence electrons. The van der Waals surface area contributed by atoms with E-state index in [0.717, 1.165) is 0 Å². The first kappa shape index (κ1) is 7.06. The van der Waals surface area contributed by atoms with Crippen LogP contribution in [0.15, 0.2) is 30.3 Å². The van der Waals surface area contributed by atoms with Gasteiger partial charge in [-0.1, -0.05) is 52.9 Å². The van der Waals surface area contributed by atoms with Crippen molar-refractivity contribution >= 4 is 22.6 Å². The van der Waals surface area contributed by atoms with E-state index >= 15 is 0 Å². The Morgan fingerprint density at radius 2 is 1.78 bits per heavy atom. The van der Waals surface area contributed by atoms with E-state index < -0.39 is 0 Å². The van der Waals surface area contributed by atoms with Crippen molar-refractivity contribution in [3.63, 3.8) is 0 Å². The Bertz CT molecular complexity index is 157. The number of aryl methyl sites for hydroxylation is 1. The average molecular weight is 231 g/mol. The second-order valence-corrected chi connectivity index (χ2v) is 3.00. The number of rotatable bonds is 2. The molecule has 0 fully saturated rings. The molecule has 0 nitrogen and oxygen atoms in total. The van der Waals surface area contributed by atoms with Crippen LogP contribution in [0.3, 0.4) is 0 Å². The Balaban J connectivity index is 2.61. The molecule has 0 aliphatic rings. The summed E-state index contributed by atoms with van der Waals surface area (Å²) in [7, 11) is 0. The third kappa shape index (κ3) is 2.35. The van der Waals surface area contributed by atoms with Crippen LogP contribution in [0.5, 0.6) is 0 Å². The molecular weight excluding hydrogens is 222 g/mol. The van der Waals surface area contributed by atoms with Crippen LogP contribution in [-0.4, -0.2) is 4.43 Å². The second-order valence-electron chi connectivity index (χ2n) is 1.92. The summed E-state index contributed by atoms with van der Waals surface area (Å²) in [6, 6.07) is 10.6. The summed E-state index contributed by atoms with van der Waals surface area (Å²) in [5.74, 6) is 0. The maximum atomic E-state index is 2.39. The fourth-order valence-corrected chi connectivity index (χ4v) is 1.38. The molecular formula is C8H9I. The number of halogens is 1. The van der Waals surface area contributed by atoms with Gasteiger partial charge in [0.1, 0.15) is 0 Å². The van der Waals surface area contributed by atoms with Gasteiger partial charge in [0.2, 0.25) is 0 Å². The van der Waals surface area contributed by atoms with Crippen molar-refractivity contribution in [1.29, 1.82) is 0 Å². The smallest absolute Gasteiger partial charge is 0.00358 e. The number of hydrogen-bond donors (Lipinski definition) is 0. The van der Waals surface area contributed by atoms with Gasteiger partial charge in [-0.2, -0.15) is 0 Å². The topological polar surface area (TPSA) is 0 Å². The van der Waals surface area contributed by atoms with Crippen molar-refractivity contribution in [1.82, 2.24) is 0 Å². The Morgan fingerprint density at radius 3 is 2.33 bits per heavy atom. The fourth-order valence-electron chi connectivity index (χ4n) is 0.754. The zero-order valence-corrected chi connectivity index (χ0v) is 7.34. The molecule has 0 aliphatic carbocycles. The van der Waals surface area contributed by atoms with Crippen LogP contribution in [0.2, 0.25) is 0 Å². The highest BCUT2D eigenvalue weighted by molar-refractivity contribution is 14.1. The van der Waals surface area contributed by atoms with Crippen molar-refractivity contribution in [2.45, 2.75) is 6.42 Å². The first-order chi connectivity index (χ1) is 4.43. The van der Waals surface area contributed by atoms with E-state index in [1.165, 1.54) is 16.4 Å². The monoisotopic (exact) mass is 231 g/mol. The van der Waals surface area contributed by atoms with Crippen molar-refractivity contribution in [2.75, 3.05) is 4.43 Å². The highest BCUT2D eigenvalue weighted by Gasteiger charge is 1.85. The van der Waals surface area contributed by atoms with Crippen molar-refractivity contribution in [3.8, 4) is 0 Å². The Morgan fingerprint density at radius 1 is 1.11 bits per heavy atom. The molecule has 0 saturated carbocycles. The fraction of sp³-hybridized carbons (Fsp3) is 0.250. The molecule has 0 heterocycles. The summed E-state index contributed by atoms with van der Waals surface area (Å²) in [5, 5.41) is 0. The summed E-state index contributed by atoms with van der Waals surface area (Å²) >= 11 is 2.39. The van der Waals surface area contributed by atoms with Crippen molar-refractivity contribution in [3.05, 3.63) is 35.9 Å². The van der Waals surface area contributed by atoms with E-state index in [1.54, 1.807) is 0 Å². The van der Waals surface area contributed by atoms with Gasteiger partial charge in [-0.25, -0.2) is 0 Å². The van der Waals surface area contributed by atoms with Gasteiger partial charge < -0.3 is 0 Å². The lowest BCUT2D eigenvalue weighted by Crippen LogP contribution is -1.82. The van der Waals surface area contributed by atoms with Crippen LogP contribution in [0.4, 0.5) is 0 Å². The minimum Gasteiger partial charge on any atom is -0.0860 e. The molecule has 9 heavy (non-hydrogen) atoms. The lowest BCUT2D eigenvalue weighted by molar-refractivity contribution is 1.18. The highest BCUT2D eigenvalue weighted by Crippen LogP contribution is 2.00. The summed E-state index contributed by atoms with van der Waals surface area (Å²) in [5.41, 5.74) is 1.44. The van der Waals surface area contributed by atoms with Gasteiger partial charge in [-0.15, -0.1) is 0 Å². The first-order valence-electron chi connectivity index (χ1n) is 3.03. The lowest BCUT2D eigenvalue weighted by atomic mass is 10.0. The summed E-state index contributed by atoms with van der Waals surface area (Å²) in [6.45, 7) is 0. The van der Waals surface area contributed by atoms with Crippen LogP contribution >= 0.6 is 22.6 Å². The molecule has 0 saturated heterocycles. The SMILES string of the molecule is I[11CH2]Cc1ccccc1. The van der Waals surface area contributed by atoms with Crippen LogP contribution in [0.1, 0.15) is 5.56 Å². The molecule has 0 aromatic heterocycles. The summed E-state index contributed by atoms with van der Waals surface area (Å²) in [4.78, 5) is 0. The zero-order chi connectivity index (χ0) is 6.53. The highest BCUT2D eigenvalue weighted by atomic mass is 127. The molecule has 0 radical (unpaired) electrons. The van der Waals surface area contributed by atoms with E-state index in [4.69, 9.17) is 0 Å². The van der Waals surface area contributed by atoms with Gasteiger partial charge in [0.05, 0.1) is 0 Å². The van der Waals surface area contributed by atoms with Gasteiger partial charge in [-0.05, 0) is 12.0 Å². The predicted molar refractivity (Wildman–Crippen MR) is 49.0 cm³/mol. The van der Waals surface area contributed by atoms with Crippen molar-refractivity contribution < 1.29 is 0 Å². The van der Waals surface area contributed by atoms with E-state index in [9.17, 15) is 0 Å². The van der Waals surface area contributed by atoms with E-state index in [0.29, 0.717) is 0 Å². The molecule has 1 heteroatoms. The van der Waals surface area contributed by atoms with E-state index in [1.807, 2.05) is 0 Å². The third-order valence-electron chi connectivity index (χ3n) is 1.23. The lowest BCUT2D eigenvalue weighted by Gasteiger charge is -1.93. The summed E-state index contributed by atoms with van der Waals surface area (Å²) < 4.78 is 1.21. The van der Waals surface area contributed by atoms with Gasteiger partial charge in [0.15, 0.2) is 0 Å². The molecule has 0 spiro atoms. The number of hydrogen-bond acceptors (Lipinski definition) is 0. The van der Waals surface area contributed by atoms with Crippen LogP contribution < -0.4 is 0 Å². The normalized spacial score (nSPS) is 9.44. The number of benzene rings is 1. The first-order valence-corrected chi connectivity index (χ1v) is 4.56. The molecule has 0 amide bonds. The molecule has 0 atom stereocenters. The second kappa shape index (κ2) is 3.88. The van der Waals surface area contributed by atoms with Crippen molar-refractivity contribution in [2.24, 2.45) is 0 Å². The Hall–Kier alpha value is -0.0500. The minimum atomic E-state index is 1.20. The van der Waals surface area contributed by atoms with Gasteiger partial charge in [-0.3, -0.25) is 0 Å². The van der Waals surface area contributed by atoms with Gasteiger partial charge in [0, 0.05) is 4.43 Å². The largest absolute Gasteiger partial charge is 0.0860 e. The molecule has 0 aliphatic heterocycles. The minimum absolute atomic E-state index is 1.20. The van der Waals surface area contributed by atoms with Crippen LogP contribution in [0.25, 0.3) is 0 Å². The van der Waals surface area contributed by atoms with E-state index in [-0.39, 0.29) is 0 Å². The Kier molecular flexibility index (Phi) is 3.04. The maximum absolute atomic E-state index is 2.39. The Labute approximate surface area is 69.4 Å². The molecule has 1 aromatic rings. The van der Waals surface area contributed by atoms with Crippen LogP contribution in [0, 0.1) is 0 Å².